The first-order valence-corrected chi connectivity index (χ1v) is 14.0. The molecule has 2 rings (SSSR count). The molecule has 1 aliphatic carbocycles. The lowest BCUT2D eigenvalue weighted by molar-refractivity contribution is 0.192. The molecule has 2 N–H and O–H groups in total. The smallest absolute Gasteiger partial charge is 0.0920 e. The molecule has 6 atom stereocenters. The van der Waals surface area contributed by atoms with Crippen molar-refractivity contribution < 1.29 is 0 Å². The van der Waals surface area contributed by atoms with Crippen LogP contribution >= 0.6 is 0 Å². The molecule has 0 aromatic carbocycles. The van der Waals surface area contributed by atoms with Gasteiger partial charge in [0.25, 0.3) is 0 Å². The van der Waals surface area contributed by atoms with Crippen LogP contribution in [0.25, 0.3) is 0 Å². The third kappa shape index (κ3) is 6.77. The molecule has 0 aromatic rings. The van der Waals surface area contributed by atoms with Crippen molar-refractivity contribution in [2.45, 2.75) is 113 Å². The fraction of sp³-hybridized carbons (Fsp3) is 0.750. The van der Waals surface area contributed by atoms with Gasteiger partial charge >= 0.3 is 0 Å². The predicted octanol–water partition coefficient (Wildman–Crippen LogP) is 7.89. The minimum atomic E-state index is 0.00104. The average Bonchev–Trinajstić information content (AvgIpc) is 3.08. The van der Waals surface area contributed by atoms with Crippen LogP contribution in [0.2, 0.25) is 0 Å². The summed E-state index contributed by atoms with van der Waals surface area (Å²) < 4.78 is 0. The van der Waals surface area contributed by atoms with Crippen LogP contribution in [0.1, 0.15) is 94.9 Å². The third-order valence-corrected chi connectivity index (χ3v) is 8.83. The average molecular weight is 484 g/mol. The number of hydrogen-bond donors (Lipinski definition) is 2. The first-order chi connectivity index (χ1) is 16.0. The molecule has 4 unspecified atom stereocenters. The summed E-state index contributed by atoms with van der Waals surface area (Å²) in [6, 6.07) is 0.847. The maximum atomic E-state index is 4.66. The molecule has 2 fully saturated rings. The van der Waals surface area contributed by atoms with Gasteiger partial charge in [-0.25, -0.2) is 0 Å². The van der Waals surface area contributed by atoms with E-state index in [4.69, 9.17) is 0 Å². The van der Waals surface area contributed by atoms with Crippen molar-refractivity contribution in [2.24, 2.45) is 34.5 Å². The van der Waals surface area contributed by atoms with Gasteiger partial charge in [-0.05, 0) is 60.7 Å². The number of rotatable bonds is 14. The molecule has 0 spiro atoms. The Labute approximate surface area is 218 Å². The number of nitrogens with zero attached hydrogens (tertiary/aromatic N) is 1. The monoisotopic (exact) mass is 483 g/mol. The number of piperidine rings is 1. The van der Waals surface area contributed by atoms with E-state index in [1.165, 1.54) is 23.3 Å². The Morgan fingerprint density at radius 2 is 1.66 bits per heavy atom. The molecule has 1 heterocycles. The highest BCUT2D eigenvalue weighted by atomic mass is 15.3. The summed E-state index contributed by atoms with van der Waals surface area (Å²) in [5.74, 6) is 3.53. The van der Waals surface area contributed by atoms with E-state index < -0.39 is 0 Å². The van der Waals surface area contributed by atoms with E-state index in [2.05, 4.69) is 111 Å². The molecule has 2 aliphatic rings. The molecule has 35 heavy (non-hydrogen) atoms. The lowest BCUT2D eigenvalue weighted by Crippen LogP contribution is -2.51. The van der Waals surface area contributed by atoms with Gasteiger partial charge in [0.1, 0.15) is 0 Å². The van der Waals surface area contributed by atoms with E-state index in [0.717, 1.165) is 37.5 Å². The van der Waals surface area contributed by atoms with Crippen LogP contribution in [0, 0.1) is 34.5 Å². The third-order valence-electron chi connectivity index (χ3n) is 8.83. The molecule has 0 aromatic heterocycles. The quantitative estimate of drug-likeness (QED) is 0.246. The van der Waals surface area contributed by atoms with E-state index in [0.29, 0.717) is 35.3 Å². The Balaban J connectivity index is 2.10. The van der Waals surface area contributed by atoms with Gasteiger partial charge < -0.3 is 15.5 Å². The van der Waals surface area contributed by atoms with Crippen molar-refractivity contribution in [3.63, 3.8) is 0 Å². The molecule has 1 saturated heterocycles. The first kappa shape index (κ1) is 29.6. The highest BCUT2D eigenvalue weighted by Crippen LogP contribution is 2.68. The number of allylic oxidation sites excluding steroid dienone is 1. The van der Waals surface area contributed by atoms with E-state index in [9.17, 15) is 0 Å². The van der Waals surface area contributed by atoms with Crippen molar-refractivity contribution in [2.75, 3.05) is 6.54 Å². The number of hydrogen-bond acceptors (Lipinski definition) is 3. The zero-order chi connectivity index (χ0) is 26.9. The minimum absolute atomic E-state index is 0.00104. The van der Waals surface area contributed by atoms with E-state index in [-0.39, 0.29) is 11.5 Å². The Kier molecular flexibility index (Phi) is 9.45. The van der Waals surface area contributed by atoms with Crippen LogP contribution in [0.3, 0.4) is 0 Å². The highest BCUT2D eigenvalue weighted by Gasteiger charge is 2.68. The van der Waals surface area contributed by atoms with Gasteiger partial charge in [0, 0.05) is 18.3 Å². The van der Waals surface area contributed by atoms with E-state index in [1.54, 1.807) is 0 Å². The zero-order valence-corrected chi connectivity index (χ0v) is 24.9. The molecule has 3 nitrogen and oxygen atoms in total. The van der Waals surface area contributed by atoms with Crippen molar-refractivity contribution in [3.8, 4) is 0 Å². The van der Waals surface area contributed by atoms with Gasteiger partial charge in [0.05, 0.1) is 17.9 Å². The fourth-order valence-electron chi connectivity index (χ4n) is 6.50. The van der Waals surface area contributed by atoms with E-state index in [1.807, 2.05) is 0 Å². The van der Waals surface area contributed by atoms with Crippen molar-refractivity contribution >= 4 is 0 Å². The van der Waals surface area contributed by atoms with Crippen molar-refractivity contribution in [1.82, 2.24) is 15.5 Å². The number of fused-ring (bicyclic) bond motifs is 1. The summed E-state index contributed by atoms with van der Waals surface area (Å²) in [5, 5.41) is 7.49. The second-order valence-electron chi connectivity index (χ2n) is 13.7. The summed E-state index contributed by atoms with van der Waals surface area (Å²) in [7, 11) is 0. The topological polar surface area (TPSA) is 27.3 Å². The SMILES string of the molecule is C=C(CCC(NC(=C)NC(C(=C)N1C[C@H]2[C@@H](C1C(=C)C)C2(C)CC)C(C)(C)C)C(C)C)CC(C)C. The van der Waals surface area contributed by atoms with E-state index >= 15 is 0 Å². The summed E-state index contributed by atoms with van der Waals surface area (Å²) in [6.45, 7) is 41.8. The minimum Gasteiger partial charge on any atom is -0.369 e. The van der Waals surface area contributed by atoms with Crippen molar-refractivity contribution in [3.05, 3.63) is 49.0 Å². The zero-order valence-electron chi connectivity index (χ0n) is 24.9. The van der Waals surface area contributed by atoms with Gasteiger partial charge in [0.15, 0.2) is 0 Å². The summed E-state index contributed by atoms with van der Waals surface area (Å²) in [5.41, 5.74) is 4.25. The first-order valence-electron chi connectivity index (χ1n) is 14.0. The maximum absolute atomic E-state index is 4.66. The lowest BCUT2D eigenvalue weighted by Gasteiger charge is -2.43. The second kappa shape index (κ2) is 11.2. The number of likely N-dealkylation sites (tertiary alicyclic amines) is 1. The van der Waals surface area contributed by atoms with Crippen LogP contribution in [0.15, 0.2) is 49.0 Å². The van der Waals surface area contributed by atoms with Crippen LogP contribution < -0.4 is 10.6 Å². The van der Waals surface area contributed by atoms with Crippen molar-refractivity contribution in [1.29, 1.82) is 0 Å². The summed E-state index contributed by atoms with van der Waals surface area (Å²) >= 11 is 0. The molecule has 0 bridgehead atoms. The van der Waals surface area contributed by atoms with Crippen LogP contribution in [0.5, 0.6) is 0 Å². The van der Waals surface area contributed by atoms with Crippen LogP contribution in [-0.2, 0) is 0 Å². The van der Waals surface area contributed by atoms with Gasteiger partial charge in [-0.3, -0.25) is 0 Å². The van der Waals surface area contributed by atoms with Gasteiger partial charge in [0.2, 0.25) is 0 Å². The Hall–Kier alpha value is -1.64. The Morgan fingerprint density at radius 3 is 2.11 bits per heavy atom. The van der Waals surface area contributed by atoms with Gasteiger partial charge in [-0.15, -0.1) is 0 Å². The summed E-state index contributed by atoms with van der Waals surface area (Å²) in [4.78, 5) is 2.56. The largest absolute Gasteiger partial charge is 0.369 e. The van der Waals surface area contributed by atoms with Gasteiger partial charge in [-0.2, -0.15) is 0 Å². The predicted molar refractivity (Wildman–Crippen MR) is 155 cm³/mol. The molecule has 0 amide bonds. The molecule has 0 radical (unpaired) electrons. The molecular formula is C32H57N3. The van der Waals surface area contributed by atoms with Crippen LogP contribution in [-0.4, -0.2) is 29.6 Å². The molecule has 1 saturated carbocycles. The molecular weight excluding hydrogens is 426 g/mol. The normalized spacial score (nSPS) is 27.4. The standard InChI is InChI=1S/C32H57N3/c1-15-32(14)26-19-35(29(22(6)7)28(26)32)24(9)30(31(11,12)13)34-25(10)33-27(21(4)5)17-16-23(8)18-20(2)3/h20-21,26-30,33-34H,6,8-10,15-19H2,1-5,7,11-14H3/t26-,27?,28-,29?,30?,32?/m0/s1. The molecule has 1 aliphatic heterocycles. The Bertz CT molecular complexity index is 798. The lowest BCUT2D eigenvalue weighted by atomic mass is 9.83. The number of nitrogens with one attached hydrogen (secondary N) is 2. The summed E-state index contributed by atoms with van der Waals surface area (Å²) in [6.07, 6.45) is 4.49. The maximum Gasteiger partial charge on any atom is 0.0920 e. The second-order valence-corrected chi connectivity index (χ2v) is 13.7. The van der Waals surface area contributed by atoms with Gasteiger partial charge in [-0.1, -0.05) is 106 Å². The fourth-order valence-corrected chi connectivity index (χ4v) is 6.50. The Morgan fingerprint density at radius 1 is 1.06 bits per heavy atom. The molecule has 200 valence electrons. The molecule has 3 heteroatoms. The highest BCUT2D eigenvalue weighted by molar-refractivity contribution is 5.30. The van der Waals surface area contributed by atoms with Crippen LogP contribution in [0.4, 0.5) is 0 Å².